The lowest BCUT2D eigenvalue weighted by Gasteiger charge is -2.18. The van der Waals surface area contributed by atoms with Crippen molar-refractivity contribution in [3.63, 3.8) is 0 Å². The largest absolute Gasteiger partial charge is 0.469 e. The number of unbranched alkanes of at least 4 members (excludes halogenated alkanes) is 16. The molecule has 0 aromatic carbocycles. The van der Waals surface area contributed by atoms with E-state index >= 15 is 0 Å². The van der Waals surface area contributed by atoms with Gasteiger partial charge in [-0.25, -0.2) is 4.57 Å². The van der Waals surface area contributed by atoms with Gasteiger partial charge in [-0.05, 0) is 50.9 Å². The van der Waals surface area contributed by atoms with Gasteiger partial charge >= 0.3 is 19.8 Å². The van der Waals surface area contributed by atoms with Crippen LogP contribution in [0.2, 0.25) is 0 Å². The second-order valence-electron chi connectivity index (χ2n) is 14.8. The van der Waals surface area contributed by atoms with E-state index in [-0.39, 0.29) is 19.4 Å². The van der Waals surface area contributed by atoms with Crippen molar-refractivity contribution in [1.29, 1.82) is 0 Å². The molecule has 0 radical (unpaired) electrons. The smallest absolute Gasteiger partial charge is 0.462 e. The molecule has 0 aliphatic rings. The molecule has 0 aromatic heterocycles. The summed E-state index contributed by atoms with van der Waals surface area (Å²) in [5.41, 5.74) is 0. The van der Waals surface area contributed by atoms with Gasteiger partial charge in [0.2, 0.25) is 0 Å². The molecular weight excluding hydrogens is 703 g/mol. The van der Waals surface area contributed by atoms with Crippen LogP contribution in [0.4, 0.5) is 0 Å². The van der Waals surface area contributed by atoms with E-state index in [1.165, 1.54) is 96.3 Å². The van der Waals surface area contributed by atoms with E-state index in [2.05, 4.69) is 49.6 Å². The van der Waals surface area contributed by atoms with Crippen LogP contribution in [0.15, 0.2) is 48.6 Å². The summed E-state index contributed by atoms with van der Waals surface area (Å²) in [5, 5.41) is 10.2. The van der Waals surface area contributed by atoms with E-state index in [1.807, 2.05) is 12.2 Å². The van der Waals surface area contributed by atoms with Crippen LogP contribution in [0.1, 0.15) is 188 Å². The van der Waals surface area contributed by atoms with Crippen molar-refractivity contribution in [2.75, 3.05) is 13.2 Å². The van der Waals surface area contributed by atoms with Crippen molar-refractivity contribution in [2.24, 2.45) is 5.92 Å². The number of phosphoric ester groups is 1. The summed E-state index contributed by atoms with van der Waals surface area (Å²) >= 11 is 0. The highest BCUT2D eigenvalue weighted by Crippen LogP contribution is 2.36. The Morgan fingerprint density at radius 3 is 1.78 bits per heavy atom. The van der Waals surface area contributed by atoms with Crippen LogP contribution in [0, 0.1) is 5.92 Å². The maximum atomic E-state index is 12.4. The highest BCUT2D eigenvalue weighted by Gasteiger charge is 2.23. The fourth-order valence-corrected chi connectivity index (χ4v) is 6.22. The number of allylic oxidation sites excluding steroid dienone is 7. The van der Waals surface area contributed by atoms with Crippen molar-refractivity contribution < 1.29 is 43.0 Å². The second-order valence-corrected chi connectivity index (χ2v) is 16.0. The molecule has 0 aliphatic heterocycles. The first kappa shape index (κ1) is 52.0. The summed E-state index contributed by atoms with van der Waals surface area (Å²) in [6.07, 6.45) is 41.4. The molecule has 0 aliphatic carbocycles. The molecule has 0 aromatic rings. The van der Waals surface area contributed by atoms with E-state index in [0.717, 1.165) is 44.4 Å². The Bertz CT molecular complexity index is 1050. The van der Waals surface area contributed by atoms with Gasteiger partial charge in [0.25, 0.3) is 0 Å². The number of carbonyl (C=O) groups is 2. The van der Waals surface area contributed by atoms with Gasteiger partial charge in [-0.15, -0.1) is 0 Å². The number of rotatable bonds is 38. The minimum absolute atomic E-state index is 0.0390. The van der Waals surface area contributed by atoms with E-state index in [1.54, 1.807) is 12.2 Å². The zero-order valence-electron chi connectivity index (χ0n) is 34.4. The highest BCUT2D eigenvalue weighted by atomic mass is 31.2. The van der Waals surface area contributed by atoms with Gasteiger partial charge in [0, 0.05) is 12.8 Å². The third kappa shape index (κ3) is 39.7. The fraction of sp³-hybridized carbons (Fsp3) is 0.773. The summed E-state index contributed by atoms with van der Waals surface area (Å²) in [4.78, 5) is 42.9. The van der Waals surface area contributed by atoms with Crippen LogP contribution >= 0.6 is 7.82 Å². The lowest BCUT2D eigenvalue weighted by Crippen LogP contribution is -2.29. The molecule has 10 heteroatoms. The second kappa shape index (κ2) is 37.9. The van der Waals surface area contributed by atoms with Crippen LogP contribution < -0.4 is 0 Å². The summed E-state index contributed by atoms with van der Waals surface area (Å²) < 4.78 is 26.3. The fourth-order valence-electron chi connectivity index (χ4n) is 5.86. The molecule has 9 nitrogen and oxygen atoms in total. The van der Waals surface area contributed by atoms with Gasteiger partial charge in [-0.3, -0.25) is 14.1 Å². The predicted octanol–water partition coefficient (Wildman–Crippen LogP) is 12.0. The Morgan fingerprint density at radius 1 is 0.630 bits per heavy atom. The Kier molecular flexibility index (Phi) is 36.4. The van der Waals surface area contributed by atoms with Crippen LogP contribution in [0.5, 0.6) is 0 Å². The first-order chi connectivity index (χ1) is 26.1. The van der Waals surface area contributed by atoms with Gasteiger partial charge < -0.3 is 24.4 Å². The Morgan fingerprint density at radius 2 is 1.19 bits per heavy atom. The van der Waals surface area contributed by atoms with Crippen molar-refractivity contribution in [2.45, 2.75) is 200 Å². The molecule has 54 heavy (non-hydrogen) atoms. The van der Waals surface area contributed by atoms with Crippen molar-refractivity contribution in [1.82, 2.24) is 0 Å². The summed E-state index contributed by atoms with van der Waals surface area (Å²) in [6.45, 7) is 5.86. The predicted molar refractivity (Wildman–Crippen MR) is 222 cm³/mol. The molecule has 0 saturated heterocycles. The molecule has 0 amide bonds. The number of ether oxygens (including phenoxy) is 2. The highest BCUT2D eigenvalue weighted by molar-refractivity contribution is 7.46. The molecule has 0 heterocycles. The van der Waals surface area contributed by atoms with E-state index in [0.29, 0.717) is 19.3 Å². The molecule has 0 saturated carbocycles. The van der Waals surface area contributed by atoms with E-state index in [9.17, 15) is 19.3 Å². The quantitative estimate of drug-likeness (QED) is 0.0183. The van der Waals surface area contributed by atoms with Crippen molar-refractivity contribution in [3.8, 4) is 0 Å². The average Bonchev–Trinajstić information content (AvgIpc) is 3.13. The number of aliphatic hydroxyl groups excluding tert-OH is 1. The molecule has 1 unspecified atom stereocenters. The zero-order valence-corrected chi connectivity index (χ0v) is 35.3. The minimum Gasteiger partial charge on any atom is -0.462 e. The molecule has 0 spiro atoms. The van der Waals surface area contributed by atoms with E-state index < -0.39 is 38.6 Å². The lowest BCUT2D eigenvalue weighted by atomic mass is 9.99. The Balaban J connectivity index is 4.09. The number of phosphoric acid groups is 1. The van der Waals surface area contributed by atoms with Crippen LogP contribution in [0.25, 0.3) is 0 Å². The SMILES string of the molecule is CCCCC/C=C\C/C=C\C/C=C\C=C\[C@@H](O)CCCC(=O)OC[C@H](COP(=O)(O)O)OC(=O)CCCCCCCCCCCCCCCCC(C)CC. The molecule has 0 bridgehead atoms. The zero-order chi connectivity index (χ0) is 40.0. The third-order valence-electron chi connectivity index (χ3n) is 9.49. The lowest BCUT2D eigenvalue weighted by molar-refractivity contribution is -0.161. The summed E-state index contributed by atoms with van der Waals surface area (Å²) in [7, 11) is -4.80. The number of carbonyl (C=O) groups excluding carboxylic acids is 2. The normalized spacial score (nSPS) is 14.1. The van der Waals surface area contributed by atoms with E-state index in [4.69, 9.17) is 19.3 Å². The minimum atomic E-state index is -4.80. The van der Waals surface area contributed by atoms with Gasteiger partial charge in [0.05, 0.1) is 12.7 Å². The van der Waals surface area contributed by atoms with Crippen molar-refractivity contribution in [3.05, 3.63) is 48.6 Å². The average molecular weight is 783 g/mol. The molecule has 3 atom stereocenters. The van der Waals surface area contributed by atoms with Gasteiger partial charge in [0.15, 0.2) is 6.10 Å². The summed E-state index contributed by atoms with van der Waals surface area (Å²) in [5.74, 6) is -0.211. The molecule has 3 N–H and O–H groups in total. The van der Waals surface area contributed by atoms with Gasteiger partial charge in [0.1, 0.15) is 6.61 Å². The molecule has 0 fully saturated rings. The number of hydrogen-bond acceptors (Lipinski definition) is 7. The molecule has 0 rings (SSSR count). The molecular formula is C44H79O9P. The number of aliphatic hydroxyl groups is 1. The van der Waals surface area contributed by atoms with Gasteiger partial charge in [-0.1, -0.05) is 179 Å². The Hall–Kier alpha value is -2.03. The third-order valence-corrected chi connectivity index (χ3v) is 9.98. The van der Waals surface area contributed by atoms with Crippen molar-refractivity contribution >= 4 is 19.8 Å². The van der Waals surface area contributed by atoms with Gasteiger partial charge in [-0.2, -0.15) is 0 Å². The van der Waals surface area contributed by atoms with Crippen LogP contribution in [-0.4, -0.2) is 52.3 Å². The Labute approximate surface area is 329 Å². The monoisotopic (exact) mass is 783 g/mol. The first-order valence-corrected chi connectivity index (χ1v) is 23.0. The van der Waals surface area contributed by atoms with Crippen LogP contribution in [-0.2, 0) is 28.2 Å². The van der Waals surface area contributed by atoms with Crippen LogP contribution in [0.3, 0.4) is 0 Å². The standard InChI is InChI=1S/C44H79O9P/c1-4-6-7-8-9-10-11-14-18-21-24-27-30-34-41(45)35-32-37-43(46)51-38-42(39-52-54(48,49)50)53-44(47)36-31-28-25-22-19-16-13-12-15-17-20-23-26-29-33-40(3)5-2/h9-10,14,18,24,27,30,34,40-42,45H,4-8,11-13,15-17,19-23,25-26,28-29,31-33,35-39H2,1-3H3,(H2,48,49,50)/b10-9-,18-14-,27-24-,34-30+/t40?,41-,42-/m1/s1. The maximum Gasteiger partial charge on any atom is 0.469 e. The topological polar surface area (TPSA) is 140 Å². The summed E-state index contributed by atoms with van der Waals surface area (Å²) in [6, 6.07) is 0. The first-order valence-electron chi connectivity index (χ1n) is 21.4. The molecule has 314 valence electrons. The number of esters is 2. The maximum absolute atomic E-state index is 12.4. The number of hydrogen-bond donors (Lipinski definition) is 3.